The Hall–Kier alpha value is -2.80. The molecule has 4 aliphatic rings. The van der Waals surface area contributed by atoms with E-state index in [1.54, 1.807) is 21.7 Å². The third-order valence-corrected chi connectivity index (χ3v) is 9.87. The second kappa shape index (κ2) is 9.39. The molecule has 11 heteroatoms. The number of ether oxygens (including phenoxy) is 2. The Morgan fingerprint density at radius 3 is 2.56 bits per heavy atom. The maximum Gasteiger partial charge on any atom is 0.274 e. The summed E-state index contributed by atoms with van der Waals surface area (Å²) in [5.74, 6) is -1.20. The number of carbonyl (C=O) groups is 1. The van der Waals surface area contributed by atoms with E-state index in [2.05, 4.69) is 4.90 Å². The molecule has 7 rings (SSSR count). The van der Waals surface area contributed by atoms with Crippen molar-refractivity contribution in [2.24, 2.45) is 0 Å². The number of fused-ring (bicyclic) bond motifs is 3. The fourth-order valence-electron chi connectivity index (χ4n) is 5.89. The monoisotopic (exact) mass is 554 g/mol. The molecule has 2 saturated heterocycles. The van der Waals surface area contributed by atoms with E-state index in [9.17, 15) is 18.3 Å². The number of amides is 1. The number of hydrogen-bond donors (Lipinski definition) is 2. The van der Waals surface area contributed by atoms with E-state index in [1.165, 1.54) is 6.07 Å². The van der Waals surface area contributed by atoms with Gasteiger partial charge in [-0.25, -0.2) is 9.07 Å². The SMILES string of the molecule is O=C(c1nn(-c2ccc(CN3CCOCC3)cc2)c2c1CS(O)(O)c1c(F)cccc1-2)N1CCOC2(CC2)C1. The molecule has 1 saturated carbocycles. The van der Waals surface area contributed by atoms with E-state index >= 15 is 0 Å². The number of morpholine rings is 2. The Morgan fingerprint density at radius 1 is 1.05 bits per heavy atom. The molecule has 2 N–H and O–H groups in total. The van der Waals surface area contributed by atoms with Crippen LogP contribution in [0.3, 0.4) is 0 Å². The van der Waals surface area contributed by atoms with E-state index in [0.29, 0.717) is 42.2 Å². The average molecular weight is 555 g/mol. The van der Waals surface area contributed by atoms with Crippen molar-refractivity contribution in [1.29, 1.82) is 0 Å². The lowest BCUT2D eigenvalue weighted by molar-refractivity contribution is -0.0378. The highest BCUT2D eigenvalue weighted by molar-refractivity contribution is 8.23. The molecule has 1 aliphatic carbocycles. The lowest BCUT2D eigenvalue weighted by Gasteiger charge is -2.38. The van der Waals surface area contributed by atoms with Crippen molar-refractivity contribution in [1.82, 2.24) is 19.6 Å². The topological polar surface area (TPSA) is 100 Å². The van der Waals surface area contributed by atoms with Gasteiger partial charge in [0, 0.05) is 37.3 Å². The number of benzene rings is 2. The van der Waals surface area contributed by atoms with Gasteiger partial charge < -0.3 is 14.4 Å². The van der Waals surface area contributed by atoms with Gasteiger partial charge in [-0.1, -0.05) is 24.3 Å². The molecule has 2 aromatic carbocycles. The van der Waals surface area contributed by atoms with Gasteiger partial charge in [0.1, 0.15) is 10.7 Å². The van der Waals surface area contributed by atoms with Gasteiger partial charge in [-0.3, -0.25) is 18.8 Å². The molecule has 4 heterocycles. The van der Waals surface area contributed by atoms with Crippen molar-refractivity contribution in [3.63, 3.8) is 0 Å². The van der Waals surface area contributed by atoms with Crippen LogP contribution in [0.25, 0.3) is 16.9 Å². The summed E-state index contributed by atoms with van der Waals surface area (Å²) in [6, 6.07) is 12.4. The number of carbonyl (C=O) groups excluding carboxylic acids is 1. The molecule has 206 valence electrons. The Balaban J connectivity index is 1.30. The zero-order valence-electron chi connectivity index (χ0n) is 21.5. The van der Waals surface area contributed by atoms with Crippen LogP contribution < -0.4 is 0 Å². The Morgan fingerprint density at radius 2 is 1.82 bits per heavy atom. The minimum absolute atomic E-state index is 0.120. The van der Waals surface area contributed by atoms with Crippen molar-refractivity contribution in [2.45, 2.75) is 35.6 Å². The third-order valence-electron chi connectivity index (χ3n) is 8.11. The molecule has 0 unspecified atom stereocenters. The molecule has 39 heavy (non-hydrogen) atoms. The molecule has 0 radical (unpaired) electrons. The summed E-state index contributed by atoms with van der Waals surface area (Å²) in [5.41, 5.74) is 3.08. The number of nitrogens with zero attached hydrogens (tertiary/aromatic N) is 4. The van der Waals surface area contributed by atoms with E-state index < -0.39 is 16.4 Å². The highest BCUT2D eigenvalue weighted by atomic mass is 32.3. The van der Waals surface area contributed by atoms with Crippen molar-refractivity contribution >= 4 is 16.5 Å². The van der Waals surface area contributed by atoms with Crippen LogP contribution in [0.5, 0.6) is 0 Å². The molecule has 0 atom stereocenters. The maximum absolute atomic E-state index is 15.0. The molecule has 1 spiro atoms. The lowest BCUT2D eigenvalue weighted by Crippen LogP contribution is -2.47. The Labute approximate surface area is 227 Å². The van der Waals surface area contributed by atoms with Gasteiger partial charge in [-0.2, -0.15) is 15.7 Å². The standard InChI is InChI=1S/C28H31FN4O5S/c29-23-3-1-2-21-25-22(17-39(35,36)26(21)23)24(27(34)32-12-15-38-28(18-32)8-9-28)30-33(25)20-6-4-19(5-7-20)16-31-10-13-37-14-11-31/h1-7,35-36H,8-18H2. The number of rotatable bonds is 4. The smallest absolute Gasteiger partial charge is 0.274 e. The lowest BCUT2D eigenvalue weighted by atomic mass is 10.0. The molecule has 3 aliphatic heterocycles. The van der Waals surface area contributed by atoms with Gasteiger partial charge in [0.05, 0.1) is 49.1 Å². The second-order valence-corrected chi connectivity index (χ2v) is 12.9. The van der Waals surface area contributed by atoms with E-state index in [4.69, 9.17) is 14.6 Å². The molecule has 3 aromatic rings. The summed E-state index contributed by atoms with van der Waals surface area (Å²) >= 11 is 0. The largest absolute Gasteiger partial charge is 0.379 e. The van der Waals surface area contributed by atoms with Gasteiger partial charge >= 0.3 is 0 Å². The van der Waals surface area contributed by atoms with E-state index in [1.807, 2.05) is 24.3 Å². The molecular formula is C28H31FN4O5S. The van der Waals surface area contributed by atoms with E-state index in [0.717, 1.165) is 51.3 Å². The minimum atomic E-state index is -3.51. The summed E-state index contributed by atoms with van der Waals surface area (Å²) in [6.07, 6.45) is 1.85. The first-order chi connectivity index (χ1) is 18.8. The van der Waals surface area contributed by atoms with Crippen molar-refractivity contribution < 1.29 is 27.8 Å². The Bertz CT molecular complexity index is 1430. The highest BCUT2D eigenvalue weighted by Crippen LogP contribution is 2.61. The normalized spacial score (nSPS) is 22.3. The van der Waals surface area contributed by atoms with Crippen molar-refractivity contribution in [3.8, 4) is 16.9 Å². The predicted octanol–water partition coefficient (Wildman–Crippen LogP) is 4.14. The summed E-state index contributed by atoms with van der Waals surface area (Å²) in [4.78, 5) is 17.8. The zero-order chi connectivity index (χ0) is 26.8. The van der Waals surface area contributed by atoms with Crippen LogP contribution in [-0.4, -0.2) is 86.2 Å². The van der Waals surface area contributed by atoms with Crippen LogP contribution in [0.2, 0.25) is 0 Å². The van der Waals surface area contributed by atoms with Gasteiger partial charge in [0.15, 0.2) is 5.69 Å². The molecular weight excluding hydrogens is 523 g/mol. The van der Waals surface area contributed by atoms with Crippen LogP contribution in [0.4, 0.5) is 4.39 Å². The summed E-state index contributed by atoms with van der Waals surface area (Å²) in [7, 11) is -3.51. The van der Waals surface area contributed by atoms with Crippen LogP contribution in [0, 0.1) is 5.82 Å². The van der Waals surface area contributed by atoms with Crippen molar-refractivity contribution in [2.75, 3.05) is 46.0 Å². The average Bonchev–Trinajstić information content (AvgIpc) is 3.56. The summed E-state index contributed by atoms with van der Waals surface area (Å²) in [5, 5.41) is 4.77. The first kappa shape index (κ1) is 25.2. The number of hydrogen-bond acceptors (Lipinski definition) is 7. The highest BCUT2D eigenvalue weighted by Gasteiger charge is 2.49. The van der Waals surface area contributed by atoms with Crippen molar-refractivity contribution in [3.05, 3.63) is 65.1 Å². The minimum Gasteiger partial charge on any atom is -0.379 e. The molecule has 9 nitrogen and oxygen atoms in total. The number of halogens is 1. The molecule has 1 amide bonds. The fraction of sp³-hybridized carbons (Fsp3) is 0.429. The molecule has 1 aromatic heterocycles. The van der Waals surface area contributed by atoms with Crippen LogP contribution in [0.15, 0.2) is 47.4 Å². The zero-order valence-corrected chi connectivity index (χ0v) is 22.3. The van der Waals surface area contributed by atoms with Gasteiger partial charge in [0.25, 0.3) is 5.91 Å². The quantitative estimate of drug-likeness (QED) is 0.500. The number of aromatic nitrogens is 2. The Kier molecular flexibility index (Phi) is 6.07. The fourth-order valence-corrected chi connectivity index (χ4v) is 7.61. The molecule has 3 fully saturated rings. The first-order valence-corrected chi connectivity index (χ1v) is 15.0. The van der Waals surface area contributed by atoms with Gasteiger partial charge in [-0.15, -0.1) is 0 Å². The van der Waals surface area contributed by atoms with Crippen LogP contribution in [0.1, 0.15) is 34.5 Å². The second-order valence-electron chi connectivity index (χ2n) is 10.8. The summed E-state index contributed by atoms with van der Waals surface area (Å²) < 4.78 is 50.1. The van der Waals surface area contributed by atoms with Crippen LogP contribution in [-0.2, 0) is 21.8 Å². The van der Waals surface area contributed by atoms with Crippen LogP contribution >= 0.6 is 10.6 Å². The molecule has 0 bridgehead atoms. The third kappa shape index (κ3) is 4.47. The van der Waals surface area contributed by atoms with Gasteiger partial charge in [0.2, 0.25) is 0 Å². The first-order valence-electron chi connectivity index (χ1n) is 13.3. The van der Waals surface area contributed by atoms with Gasteiger partial charge in [-0.05, 0) is 36.6 Å². The predicted molar refractivity (Wildman–Crippen MR) is 144 cm³/mol. The van der Waals surface area contributed by atoms with E-state index in [-0.39, 0.29) is 27.9 Å². The summed E-state index contributed by atoms with van der Waals surface area (Å²) in [6.45, 7) is 5.43. The maximum atomic E-state index is 15.0.